The van der Waals surface area contributed by atoms with Crippen LogP contribution in [-0.2, 0) is 11.2 Å². The summed E-state index contributed by atoms with van der Waals surface area (Å²) in [5, 5.41) is 3.64. The Morgan fingerprint density at radius 1 is 1.00 bits per heavy atom. The van der Waals surface area contributed by atoms with Crippen LogP contribution in [0.1, 0.15) is 36.5 Å². The molecule has 1 N–H and O–H groups in total. The maximum atomic E-state index is 6.04. The Morgan fingerprint density at radius 2 is 1.69 bits per heavy atom. The van der Waals surface area contributed by atoms with Gasteiger partial charge in [0, 0.05) is 39.2 Å². The fraction of sp³-hybridized carbons (Fsp3) is 0.480. The third-order valence-corrected chi connectivity index (χ3v) is 6.36. The van der Waals surface area contributed by atoms with Gasteiger partial charge in [0.1, 0.15) is 0 Å². The molecule has 0 radical (unpaired) electrons. The number of piperidine rings is 1. The molecule has 0 amide bonds. The first-order valence-corrected chi connectivity index (χ1v) is 11.0. The van der Waals surface area contributed by atoms with Gasteiger partial charge in [0.2, 0.25) is 0 Å². The van der Waals surface area contributed by atoms with Gasteiger partial charge >= 0.3 is 0 Å². The number of nitrogens with one attached hydrogen (secondary N) is 1. The van der Waals surface area contributed by atoms with E-state index in [1.807, 2.05) is 7.05 Å². The van der Waals surface area contributed by atoms with Crippen molar-refractivity contribution < 1.29 is 4.74 Å². The average Bonchev–Trinajstić information content (AvgIpc) is 3.25. The van der Waals surface area contributed by atoms with Gasteiger partial charge in [-0.15, -0.1) is 0 Å². The first-order chi connectivity index (χ1) is 14.3. The molecular weight excluding hydrogens is 358 g/mol. The zero-order chi connectivity index (χ0) is 19.9. The number of hydrogen-bond donors (Lipinski definition) is 1. The predicted molar refractivity (Wildman–Crippen MR) is 119 cm³/mol. The van der Waals surface area contributed by atoms with Crippen LogP contribution in [0.2, 0.25) is 0 Å². The molecule has 2 saturated heterocycles. The zero-order valence-electron chi connectivity index (χ0n) is 17.5. The Morgan fingerprint density at radius 3 is 2.38 bits per heavy atom. The Bertz CT molecular complexity index is 769. The second-order valence-electron chi connectivity index (χ2n) is 8.30. The van der Waals surface area contributed by atoms with E-state index in [-0.39, 0.29) is 6.10 Å². The van der Waals surface area contributed by atoms with Gasteiger partial charge in [0.05, 0.1) is 6.10 Å². The normalized spacial score (nSPS) is 23.3. The molecule has 0 aliphatic carbocycles. The van der Waals surface area contributed by atoms with E-state index < -0.39 is 0 Å². The summed E-state index contributed by atoms with van der Waals surface area (Å²) in [6.07, 6.45) is 4.95. The Kier molecular flexibility index (Phi) is 6.83. The van der Waals surface area contributed by atoms with Gasteiger partial charge in [-0.05, 0) is 42.7 Å². The summed E-state index contributed by atoms with van der Waals surface area (Å²) in [5.74, 6) is 2.31. The summed E-state index contributed by atoms with van der Waals surface area (Å²) in [5.41, 5.74) is 2.75. The van der Waals surface area contributed by atoms with Gasteiger partial charge in [-0.3, -0.25) is 4.99 Å². The smallest absolute Gasteiger partial charge is 0.193 e. The van der Waals surface area contributed by atoms with Crippen LogP contribution in [0.3, 0.4) is 0 Å². The van der Waals surface area contributed by atoms with E-state index in [0.717, 1.165) is 44.5 Å². The number of nitrogens with zero attached hydrogens (tertiary/aromatic N) is 2. The van der Waals surface area contributed by atoms with Crippen molar-refractivity contribution in [1.29, 1.82) is 0 Å². The molecule has 2 aromatic carbocycles. The zero-order valence-corrected chi connectivity index (χ0v) is 17.5. The molecule has 2 fully saturated rings. The number of hydrogen-bond acceptors (Lipinski definition) is 2. The van der Waals surface area contributed by atoms with E-state index in [2.05, 4.69) is 75.9 Å². The number of ether oxygens (including phenoxy) is 1. The van der Waals surface area contributed by atoms with Crippen LogP contribution in [0.15, 0.2) is 65.7 Å². The highest BCUT2D eigenvalue weighted by Crippen LogP contribution is 2.34. The molecule has 0 aromatic heterocycles. The minimum atomic E-state index is 0.193. The third-order valence-electron chi connectivity index (χ3n) is 6.36. The molecule has 4 heteroatoms. The topological polar surface area (TPSA) is 36.9 Å². The van der Waals surface area contributed by atoms with E-state index in [9.17, 15) is 0 Å². The van der Waals surface area contributed by atoms with Crippen molar-refractivity contribution in [3.05, 3.63) is 71.8 Å². The molecule has 154 valence electrons. The quantitative estimate of drug-likeness (QED) is 0.610. The number of likely N-dealkylation sites (tertiary alicyclic amines) is 1. The Hall–Kier alpha value is -2.33. The fourth-order valence-electron chi connectivity index (χ4n) is 4.71. The van der Waals surface area contributed by atoms with Crippen LogP contribution >= 0.6 is 0 Å². The maximum absolute atomic E-state index is 6.04. The van der Waals surface area contributed by atoms with Gasteiger partial charge in [0.25, 0.3) is 0 Å². The van der Waals surface area contributed by atoms with Gasteiger partial charge in [-0.1, -0.05) is 60.7 Å². The van der Waals surface area contributed by atoms with Crippen molar-refractivity contribution in [3.8, 4) is 0 Å². The van der Waals surface area contributed by atoms with E-state index in [0.29, 0.717) is 5.92 Å². The van der Waals surface area contributed by atoms with Crippen molar-refractivity contribution in [3.63, 3.8) is 0 Å². The predicted octanol–water partition coefficient (Wildman–Crippen LogP) is 4.29. The molecule has 0 spiro atoms. The summed E-state index contributed by atoms with van der Waals surface area (Å²) in [4.78, 5) is 7.00. The summed E-state index contributed by atoms with van der Waals surface area (Å²) in [6, 6.07) is 21.5. The highest BCUT2D eigenvalue weighted by molar-refractivity contribution is 5.80. The molecule has 2 aromatic rings. The van der Waals surface area contributed by atoms with E-state index >= 15 is 0 Å². The van der Waals surface area contributed by atoms with Crippen LogP contribution in [0.25, 0.3) is 0 Å². The molecular formula is C25H33N3O. The van der Waals surface area contributed by atoms with Gasteiger partial charge in [-0.25, -0.2) is 0 Å². The molecule has 2 unspecified atom stereocenters. The second-order valence-corrected chi connectivity index (χ2v) is 8.30. The molecule has 0 bridgehead atoms. The third kappa shape index (κ3) is 5.18. The summed E-state index contributed by atoms with van der Waals surface area (Å²) >= 11 is 0. The Labute approximate surface area is 175 Å². The number of rotatable bonds is 5. The lowest BCUT2D eigenvalue weighted by Gasteiger charge is -2.35. The van der Waals surface area contributed by atoms with E-state index in [4.69, 9.17) is 4.74 Å². The van der Waals surface area contributed by atoms with Crippen molar-refractivity contribution >= 4 is 5.96 Å². The first kappa shape index (κ1) is 20.0. The largest absolute Gasteiger partial charge is 0.373 e. The highest BCUT2D eigenvalue weighted by atomic mass is 16.5. The lowest BCUT2D eigenvalue weighted by molar-refractivity contribution is 0.0913. The van der Waals surface area contributed by atoms with Crippen LogP contribution in [0.5, 0.6) is 0 Å². The number of guanidine groups is 1. The average molecular weight is 392 g/mol. The van der Waals surface area contributed by atoms with Gasteiger partial charge < -0.3 is 15.0 Å². The molecule has 2 atom stereocenters. The van der Waals surface area contributed by atoms with E-state index in [1.165, 1.54) is 30.4 Å². The highest BCUT2D eigenvalue weighted by Gasteiger charge is 2.30. The monoisotopic (exact) mass is 391 g/mol. The molecule has 29 heavy (non-hydrogen) atoms. The van der Waals surface area contributed by atoms with Crippen molar-refractivity contribution in [2.24, 2.45) is 16.8 Å². The minimum absolute atomic E-state index is 0.193. The molecule has 2 aliphatic rings. The van der Waals surface area contributed by atoms with Gasteiger partial charge in [0.15, 0.2) is 5.96 Å². The lowest BCUT2D eigenvalue weighted by Crippen LogP contribution is -2.47. The van der Waals surface area contributed by atoms with Crippen LogP contribution in [0, 0.1) is 11.8 Å². The summed E-state index contributed by atoms with van der Waals surface area (Å²) in [7, 11) is 1.90. The fourth-order valence-corrected chi connectivity index (χ4v) is 4.71. The second kappa shape index (κ2) is 9.93. The number of benzene rings is 2. The minimum Gasteiger partial charge on any atom is -0.373 e. The van der Waals surface area contributed by atoms with Crippen LogP contribution < -0.4 is 5.32 Å². The molecule has 2 aliphatic heterocycles. The Balaban J connectivity index is 1.27. The maximum Gasteiger partial charge on any atom is 0.193 e. The van der Waals surface area contributed by atoms with Gasteiger partial charge in [-0.2, -0.15) is 0 Å². The van der Waals surface area contributed by atoms with Crippen LogP contribution in [-0.4, -0.2) is 44.1 Å². The summed E-state index contributed by atoms with van der Waals surface area (Å²) < 4.78 is 6.04. The molecule has 2 heterocycles. The van der Waals surface area contributed by atoms with Crippen molar-refractivity contribution in [2.75, 3.05) is 33.3 Å². The molecule has 4 nitrogen and oxygen atoms in total. The SMILES string of the molecule is CN=C(NCC1CCOC1c1ccccc1)N1CCC(Cc2ccccc2)CC1. The van der Waals surface area contributed by atoms with Crippen molar-refractivity contribution in [2.45, 2.75) is 31.8 Å². The standard InChI is InChI=1S/C25H33N3O/c1-26-25(27-19-23-14-17-29-24(23)22-10-6-3-7-11-22)28-15-12-21(13-16-28)18-20-8-4-2-5-9-20/h2-11,21,23-24H,12-19H2,1H3,(H,26,27). The summed E-state index contributed by atoms with van der Waals surface area (Å²) in [6.45, 7) is 3.92. The van der Waals surface area contributed by atoms with E-state index in [1.54, 1.807) is 0 Å². The number of aliphatic imine (C=N–C) groups is 1. The van der Waals surface area contributed by atoms with Crippen LogP contribution in [0.4, 0.5) is 0 Å². The lowest BCUT2D eigenvalue weighted by atomic mass is 9.90. The molecule has 0 saturated carbocycles. The molecule has 4 rings (SSSR count). The van der Waals surface area contributed by atoms with Crippen molar-refractivity contribution in [1.82, 2.24) is 10.2 Å². The first-order valence-electron chi connectivity index (χ1n) is 11.0.